The van der Waals surface area contributed by atoms with Gasteiger partial charge in [0.1, 0.15) is 18.0 Å². The van der Waals surface area contributed by atoms with Crippen LogP contribution in [0.5, 0.6) is 0 Å². The maximum Gasteiger partial charge on any atom is 0.419 e. The molecule has 0 radical (unpaired) electrons. The molecule has 0 spiro atoms. The molecule has 0 amide bonds. The first-order valence-electron chi connectivity index (χ1n) is 13.7. The van der Waals surface area contributed by atoms with Crippen LogP contribution in [0.25, 0.3) is 33.7 Å². The molecule has 0 saturated carbocycles. The number of ether oxygens (including phenoxy) is 3. The second kappa shape index (κ2) is 11.6. The fourth-order valence-electron chi connectivity index (χ4n) is 4.28. The van der Waals surface area contributed by atoms with Gasteiger partial charge in [-0.05, 0) is 65.8 Å². The lowest BCUT2D eigenvalue weighted by Crippen LogP contribution is -2.27. The van der Waals surface area contributed by atoms with Gasteiger partial charge < -0.3 is 18.7 Å². The molecule has 3 heterocycles. The van der Waals surface area contributed by atoms with E-state index in [4.69, 9.17) is 18.7 Å². The molecule has 0 atom stereocenters. The molecule has 0 aliphatic carbocycles. The molecule has 3 aromatic heterocycles. The molecule has 12 heteroatoms. The van der Waals surface area contributed by atoms with Crippen LogP contribution in [0.4, 0.5) is 4.79 Å². The fourth-order valence-corrected chi connectivity index (χ4v) is 5.03. The minimum Gasteiger partial charge on any atom is -0.460 e. The van der Waals surface area contributed by atoms with Crippen LogP contribution in [0.15, 0.2) is 28.8 Å². The standard InChI is InChI=1S/C29H39N5O6Si/c1-10-38-27(35)25-31-24(18(2)33(25)17-37-13-14-41(7,8)9)20-11-12-22-21(15-20)16-23(26-30-19(3)32-40-26)34(22)28(36)39-29(4,5)6/h11-12,15-16H,10,13-14,17H2,1-9H3. The van der Waals surface area contributed by atoms with Gasteiger partial charge in [-0.25, -0.2) is 19.1 Å². The average molecular weight is 582 g/mol. The van der Waals surface area contributed by atoms with E-state index in [-0.39, 0.29) is 25.1 Å². The third-order valence-electron chi connectivity index (χ3n) is 6.29. The van der Waals surface area contributed by atoms with Gasteiger partial charge in [-0.1, -0.05) is 30.9 Å². The van der Waals surface area contributed by atoms with Crippen molar-refractivity contribution in [3.63, 3.8) is 0 Å². The number of imidazole rings is 1. The first-order chi connectivity index (χ1) is 19.2. The van der Waals surface area contributed by atoms with Gasteiger partial charge in [0.25, 0.3) is 5.89 Å². The monoisotopic (exact) mass is 581 g/mol. The fraction of sp³-hybridized carbons (Fsp3) is 0.483. The highest BCUT2D eigenvalue weighted by atomic mass is 28.3. The Labute approximate surface area is 240 Å². The summed E-state index contributed by atoms with van der Waals surface area (Å²) >= 11 is 0. The minimum absolute atomic E-state index is 0.181. The molecule has 0 bridgehead atoms. The van der Waals surface area contributed by atoms with E-state index in [9.17, 15) is 9.59 Å². The molecule has 0 N–H and O–H groups in total. The van der Waals surface area contributed by atoms with Crippen LogP contribution < -0.4 is 0 Å². The second-order valence-electron chi connectivity index (χ2n) is 12.1. The van der Waals surface area contributed by atoms with E-state index < -0.39 is 25.7 Å². The number of benzene rings is 1. The number of aromatic nitrogens is 5. The molecule has 0 saturated heterocycles. The zero-order chi connectivity index (χ0) is 30.1. The highest BCUT2D eigenvalue weighted by Gasteiger charge is 2.27. The molecule has 4 aromatic rings. The van der Waals surface area contributed by atoms with Gasteiger partial charge in [-0.15, -0.1) is 0 Å². The van der Waals surface area contributed by atoms with Crippen LogP contribution in [0.2, 0.25) is 25.7 Å². The van der Waals surface area contributed by atoms with Gasteiger partial charge in [0.2, 0.25) is 5.82 Å². The van der Waals surface area contributed by atoms with Crippen molar-refractivity contribution in [2.75, 3.05) is 13.2 Å². The molecule has 11 nitrogen and oxygen atoms in total. The zero-order valence-corrected chi connectivity index (χ0v) is 26.3. The number of hydrogen-bond donors (Lipinski definition) is 0. The summed E-state index contributed by atoms with van der Waals surface area (Å²) in [6.45, 7) is 18.7. The lowest BCUT2D eigenvalue weighted by Gasteiger charge is -2.20. The van der Waals surface area contributed by atoms with Gasteiger partial charge in [-0.3, -0.25) is 4.57 Å². The predicted octanol–water partition coefficient (Wildman–Crippen LogP) is 6.44. The lowest BCUT2D eigenvalue weighted by atomic mass is 10.1. The van der Waals surface area contributed by atoms with Gasteiger partial charge in [0, 0.05) is 31.3 Å². The SMILES string of the molecule is CCOC(=O)c1nc(-c2ccc3c(c2)cc(-c2nc(C)no2)n3C(=O)OC(C)(C)C)c(C)n1COCC[Si](C)(C)C. The molecule has 220 valence electrons. The summed E-state index contributed by atoms with van der Waals surface area (Å²) in [5, 5.41) is 4.62. The van der Waals surface area contributed by atoms with Gasteiger partial charge in [0.15, 0.2) is 5.82 Å². The van der Waals surface area contributed by atoms with Crippen LogP contribution in [0.3, 0.4) is 0 Å². The number of fused-ring (bicyclic) bond motifs is 1. The van der Waals surface area contributed by atoms with Crippen molar-refractivity contribution in [2.45, 2.75) is 79.6 Å². The number of carbonyl (C=O) groups excluding carboxylic acids is 2. The van der Waals surface area contributed by atoms with E-state index in [2.05, 4.69) is 34.8 Å². The third kappa shape index (κ3) is 6.94. The summed E-state index contributed by atoms with van der Waals surface area (Å²) in [6.07, 6.45) is -0.563. The highest BCUT2D eigenvalue weighted by molar-refractivity contribution is 6.76. The summed E-state index contributed by atoms with van der Waals surface area (Å²) in [5.74, 6) is 0.315. The first kappa shape index (κ1) is 30.2. The second-order valence-corrected chi connectivity index (χ2v) is 17.8. The van der Waals surface area contributed by atoms with Crippen molar-refractivity contribution < 1.29 is 28.3 Å². The molecule has 1 aromatic carbocycles. The summed E-state index contributed by atoms with van der Waals surface area (Å²) in [6, 6.07) is 8.38. The number of rotatable bonds is 9. The number of hydrogen-bond acceptors (Lipinski definition) is 9. The lowest BCUT2D eigenvalue weighted by molar-refractivity contribution is 0.0460. The molecular weight excluding hydrogens is 542 g/mol. The first-order valence-corrected chi connectivity index (χ1v) is 17.4. The number of nitrogens with zero attached hydrogens (tertiary/aromatic N) is 5. The van der Waals surface area contributed by atoms with Crippen molar-refractivity contribution >= 4 is 31.0 Å². The van der Waals surface area contributed by atoms with Crippen LogP contribution in [-0.2, 0) is 20.9 Å². The van der Waals surface area contributed by atoms with Crippen LogP contribution in [0.1, 0.15) is 49.8 Å². The van der Waals surface area contributed by atoms with E-state index in [1.54, 1.807) is 45.3 Å². The van der Waals surface area contributed by atoms with E-state index in [0.717, 1.165) is 22.7 Å². The molecular formula is C29H39N5O6Si. The topological polar surface area (TPSA) is 123 Å². The van der Waals surface area contributed by atoms with Crippen molar-refractivity contribution in [3.8, 4) is 22.8 Å². The highest BCUT2D eigenvalue weighted by Crippen LogP contribution is 2.33. The van der Waals surface area contributed by atoms with E-state index in [1.807, 2.05) is 25.1 Å². The molecule has 41 heavy (non-hydrogen) atoms. The summed E-state index contributed by atoms with van der Waals surface area (Å²) in [5.41, 5.74) is 2.45. The zero-order valence-electron chi connectivity index (χ0n) is 25.3. The van der Waals surface area contributed by atoms with Gasteiger partial charge in [0.05, 0.1) is 17.8 Å². The molecule has 0 unspecified atom stereocenters. The smallest absolute Gasteiger partial charge is 0.419 e. The molecule has 0 aliphatic heterocycles. The predicted molar refractivity (Wildman–Crippen MR) is 158 cm³/mol. The van der Waals surface area contributed by atoms with Crippen molar-refractivity contribution in [1.29, 1.82) is 0 Å². The molecule has 4 rings (SSSR count). The summed E-state index contributed by atoms with van der Waals surface area (Å²) < 4.78 is 25.5. The maximum absolute atomic E-state index is 13.3. The average Bonchev–Trinajstić information content (AvgIpc) is 3.55. The Hall–Kier alpha value is -3.77. The van der Waals surface area contributed by atoms with Gasteiger partial charge in [-0.2, -0.15) is 4.98 Å². The van der Waals surface area contributed by atoms with Crippen LogP contribution >= 0.6 is 0 Å². The summed E-state index contributed by atoms with van der Waals surface area (Å²) in [4.78, 5) is 35.1. The van der Waals surface area contributed by atoms with E-state index in [0.29, 0.717) is 29.3 Å². The third-order valence-corrected chi connectivity index (χ3v) is 8.00. The summed E-state index contributed by atoms with van der Waals surface area (Å²) in [7, 11) is -1.27. The van der Waals surface area contributed by atoms with Crippen molar-refractivity contribution in [2.24, 2.45) is 0 Å². The number of esters is 1. The van der Waals surface area contributed by atoms with Crippen molar-refractivity contribution in [1.82, 2.24) is 24.3 Å². The largest absolute Gasteiger partial charge is 0.460 e. The van der Waals surface area contributed by atoms with Crippen LogP contribution in [-0.4, -0.2) is 63.2 Å². The van der Waals surface area contributed by atoms with E-state index in [1.165, 1.54) is 4.57 Å². The van der Waals surface area contributed by atoms with Gasteiger partial charge >= 0.3 is 12.1 Å². The Balaban J connectivity index is 1.78. The Morgan fingerprint density at radius 2 is 1.80 bits per heavy atom. The Morgan fingerprint density at radius 3 is 2.41 bits per heavy atom. The molecule has 0 aliphatic rings. The Morgan fingerprint density at radius 1 is 1.07 bits per heavy atom. The normalized spacial score (nSPS) is 12.2. The minimum atomic E-state index is -1.27. The quantitative estimate of drug-likeness (QED) is 0.125. The number of aryl methyl sites for hydroxylation is 1. The molecule has 0 fully saturated rings. The van der Waals surface area contributed by atoms with Crippen molar-refractivity contribution in [3.05, 3.63) is 41.6 Å². The maximum atomic E-state index is 13.3. The van der Waals surface area contributed by atoms with E-state index >= 15 is 0 Å². The van der Waals surface area contributed by atoms with Crippen LogP contribution in [0, 0.1) is 13.8 Å². The number of carbonyl (C=O) groups is 2. The Kier molecular flexibility index (Phi) is 8.55. The Bertz CT molecular complexity index is 1570.